The van der Waals surface area contributed by atoms with E-state index in [1.54, 1.807) is 0 Å². The maximum atomic E-state index is 0. The topological polar surface area (TPSA) is 0 Å². The van der Waals surface area contributed by atoms with E-state index in [2.05, 4.69) is 0 Å². The van der Waals surface area contributed by atoms with Crippen LogP contribution in [0.4, 0.5) is 0 Å². The molecule has 0 saturated heterocycles. The second-order valence-electron chi connectivity index (χ2n) is 0. The molecule has 6 heteroatoms. The molecule has 0 aliphatic carbocycles. The van der Waals surface area contributed by atoms with E-state index in [1.807, 2.05) is 0 Å². The minimum atomic E-state index is 0. The first-order chi connectivity index (χ1) is 0. The van der Waals surface area contributed by atoms with Crippen LogP contribution in [0.1, 0.15) is 0 Å². The Kier molecular flexibility index (Phi) is 227. The first-order valence-electron chi connectivity index (χ1n) is 0. The van der Waals surface area contributed by atoms with Crippen LogP contribution in [-0.2, 0) is 86.0 Å². The van der Waals surface area contributed by atoms with Crippen LogP contribution in [0.25, 0.3) is 0 Å². The van der Waals surface area contributed by atoms with Gasteiger partial charge in [-0.2, -0.15) is 0 Å². The summed E-state index contributed by atoms with van der Waals surface area (Å²) >= 11 is 0. The molecule has 0 amide bonds. The summed E-state index contributed by atoms with van der Waals surface area (Å²) in [7, 11) is 0. The summed E-state index contributed by atoms with van der Waals surface area (Å²) in [5.74, 6) is 0. The van der Waals surface area contributed by atoms with Crippen LogP contribution < -0.4 is 0 Å². The van der Waals surface area contributed by atoms with Crippen molar-refractivity contribution in [3.8, 4) is 0 Å². The zero-order valence-corrected chi connectivity index (χ0v) is 21.1. The molecule has 0 aliphatic heterocycles. The van der Waals surface area contributed by atoms with E-state index >= 15 is 0 Å². The largest absolute Gasteiger partial charge is 0 e. The second kappa shape index (κ2) is 31.8. The first-order valence-corrected chi connectivity index (χ1v) is 0. The molecular weight excluding hydrogens is 733 g/mol. The van der Waals surface area contributed by atoms with Crippen molar-refractivity contribution in [1.82, 2.24) is 0 Å². The molecule has 23 valence electrons. The zero-order valence-electron chi connectivity index (χ0n) is 3.26. The van der Waals surface area contributed by atoms with Gasteiger partial charge in [0, 0.05) is 161 Å². The number of hydrogen-bond donors (Lipinski definition) is 0. The van der Waals surface area contributed by atoms with Crippen molar-refractivity contribution in [1.29, 1.82) is 0 Å². The third-order valence-electron chi connectivity index (χ3n) is 0. The van der Waals surface area contributed by atoms with Crippen molar-refractivity contribution in [3.05, 3.63) is 0 Å². The normalized spacial score (nSPS) is 0. The third kappa shape index (κ3) is 22.8. The van der Waals surface area contributed by atoms with Crippen LogP contribution in [-0.4, -0.2) is 75.1 Å². The molecular formula is BaBiNbTaTiZn. The van der Waals surface area contributed by atoms with Crippen molar-refractivity contribution in [2.45, 2.75) is 0 Å². The Morgan fingerprint density at radius 1 is 1.00 bits per heavy atom. The van der Waals surface area contributed by atoms with Gasteiger partial charge in [0.1, 0.15) is 0 Å². The Hall–Kier alpha value is 5.27. The summed E-state index contributed by atoms with van der Waals surface area (Å²) in [6.07, 6.45) is 0. The third-order valence-corrected chi connectivity index (χ3v) is 0. The number of rotatable bonds is 0. The molecule has 0 bridgehead atoms. The quantitative estimate of drug-likeness (QED) is 0.288. The van der Waals surface area contributed by atoms with E-state index in [1.165, 1.54) is 0 Å². The van der Waals surface area contributed by atoms with Crippen molar-refractivity contribution >= 4 is 75.1 Å². The van der Waals surface area contributed by atoms with Crippen molar-refractivity contribution in [2.75, 3.05) is 0 Å². The van der Waals surface area contributed by atoms with Gasteiger partial charge in [-0.15, -0.1) is 0 Å². The summed E-state index contributed by atoms with van der Waals surface area (Å²) in [5.41, 5.74) is 0. The Morgan fingerprint density at radius 3 is 1.00 bits per heavy atom. The summed E-state index contributed by atoms with van der Waals surface area (Å²) in [4.78, 5) is 0. The predicted octanol–water partition coefficient (Wildman–Crippen LogP) is -0.772. The Labute approximate surface area is 156 Å². The molecule has 0 fully saturated rings. The predicted molar refractivity (Wildman–Crippen MR) is 11.5 cm³/mol. The van der Waals surface area contributed by atoms with Gasteiger partial charge in [0.25, 0.3) is 0 Å². The monoisotopic (exact) mass is 733 g/mol. The molecule has 0 aromatic carbocycles. The minimum Gasteiger partial charge on any atom is 0 e. The van der Waals surface area contributed by atoms with Crippen LogP contribution in [0.3, 0.4) is 0 Å². The average molecular weight is 733 g/mol. The maximum Gasteiger partial charge on any atom is 0 e. The Balaban J connectivity index is 0. The van der Waals surface area contributed by atoms with Gasteiger partial charge in [-0.3, -0.25) is 0 Å². The van der Waals surface area contributed by atoms with E-state index in [4.69, 9.17) is 0 Å². The van der Waals surface area contributed by atoms with E-state index in [0.717, 1.165) is 0 Å². The molecule has 0 nitrogen and oxygen atoms in total. The molecule has 0 aliphatic rings. The van der Waals surface area contributed by atoms with E-state index in [-0.39, 0.29) is 161 Å². The van der Waals surface area contributed by atoms with Crippen LogP contribution in [0.5, 0.6) is 0 Å². The van der Waals surface area contributed by atoms with E-state index in [0.29, 0.717) is 0 Å². The van der Waals surface area contributed by atoms with Gasteiger partial charge < -0.3 is 0 Å². The fourth-order valence-electron chi connectivity index (χ4n) is 0. The second-order valence-corrected chi connectivity index (χ2v) is 0. The van der Waals surface area contributed by atoms with Gasteiger partial charge in [-0.1, -0.05) is 0 Å². The van der Waals surface area contributed by atoms with Gasteiger partial charge in [0.2, 0.25) is 0 Å². The summed E-state index contributed by atoms with van der Waals surface area (Å²) in [5, 5.41) is 0. The molecule has 0 N–H and O–H groups in total. The molecule has 0 saturated carbocycles. The molecule has 0 rings (SSSR count). The maximum absolute atomic E-state index is 0. The molecule has 0 atom stereocenters. The van der Waals surface area contributed by atoms with Crippen molar-refractivity contribution in [2.24, 2.45) is 0 Å². The van der Waals surface area contributed by atoms with Crippen molar-refractivity contribution in [3.63, 3.8) is 0 Å². The smallest absolute Gasteiger partial charge is 0 e. The zero-order chi connectivity index (χ0) is 0. The van der Waals surface area contributed by atoms with Gasteiger partial charge in [0.15, 0.2) is 0 Å². The van der Waals surface area contributed by atoms with Crippen LogP contribution >= 0.6 is 0 Å². The number of hydrogen-bond acceptors (Lipinski definition) is 0. The van der Waals surface area contributed by atoms with Crippen LogP contribution in [0.15, 0.2) is 0 Å². The van der Waals surface area contributed by atoms with Crippen molar-refractivity contribution < 1.29 is 86.0 Å². The minimum absolute atomic E-state index is 0. The summed E-state index contributed by atoms with van der Waals surface area (Å²) in [6, 6.07) is 0. The molecule has 0 spiro atoms. The van der Waals surface area contributed by atoms with Crippen LogP contribution in [0, 0.1) is 0 Å². The Bertz CT molecular complexity index is 15.5. The SMILES string of the molecule is [Ba].[Bi].[Nb].[Ta].[Ti].[Zn]. The molecule has 0 unspecified atom stereocenters. The Morgan fingerprint density at radius 2 is 1.00 bits per heavy atom. The average Bonchev–Trinajstić information content (AvgIpc) is 0. The molecule has 6 heavy (non-hydrogen) atoms. The summed E-state index contributed by atoms with van der Waals surface area (Å²) < 4.78 is 0. The summed E-state index contributed by atoms with van der Waals surface area (Å²) in [6.45, 7) is 0. The fourth-order valence-corrected chi connectivity index (χ4v) is 0. The standard InChI is InChI=1S/Ba.Bi.Nb.Ta.Ti.Zn. The molecule has 7 radical (unpaired) electrons. The van der Waals surface area contributed by atoms with E-state index < -0.39 is 0 Å². The van der Waals surface area contributed by atoms with Gasteiger partial charge in [0.05, 0.1) is 0 Å². The van der Waals surface area contributed by atoms with Gasteiger partial charge in [-0.25, -0.2) is 0 Å². The van der Waals surface area contributed by atoms with E-state index in [9.17, 15) is 0 Å². The van der Waals surface area contributed by atoms with Gasteiger partial charge in [-0.05, 0) is 0 Å². The molecule has 0 aromatic rings. The first kappa shape index (κ1) is 42.8. The van der Waals surface area contributed by atoms with Crippen LogP contribution in [0.2, 0.25) is 0 Å². The molecule has 0 heterocycles. The van der Waals surface area contributed by atoms with Gasteiger partial charge >= 0.3 is 0 Å². The fraction of sp³-hybridized carbons (Fsp3) is 0. The molecule has 0 aromatic heterocycles.